The SMILES string of the molecule is CSc1cccc(NCCOc2ccc(N)cc2)c1C#N. The molecular formula is C16H17N3OS. The van der Waals surface area contributed by atoms with Crippen LogP contribution in [0.25, 0.3) is 0 Å². The minimum absolute atomic E-state index is 0.512. The van der Waals surface area contributed by atoms with E-state index in [0.717, 1.165) is 16.3 Å². The molecule has 0 saturated heterocycles. The maximum atomic E-state index is 9.24. The number of benzene rings is 2. The first-order chi connectivity index (χ1) is 10.2. The van der Waals surface area contributed by atoms with E-state index in [1.165, 1.54) is 0 Å². The molecular weight excluding hydrogens is 282 g/mol. The fourth-order valence-corrected chi connectivity index (χ4v) is 2.46. The lowest BCUT2D eigenvalue weighted by Crippen LogP contribution is -2.12. The van der Waals surface area contributed by atoms with Crippen LogP contribution in [0, 0.1) is 11.3 Å². The summed E-state index contributed by atoms with van der Waals surface area (Å²) in [6.07, 6.45) is 1.96. The molecule has 0 atom stereocenters. The molecule has 0 saturated carbocycles. The smallest absolute Gasteiger partial charge is 0.119 e. The number of hydrogen-bond donors (Lipinski definition) is 2. The van der Waals surface area contributed by atoms with Crippen LogP contribution in [0.15, 0.2) is 47.4 Å². The van der Waals surface area contributed by atoms with Gasteiger partial charge in [-0.05, 0) is 42.7 Å². The van der Waals surface area contributed by atoms with Crippen LogP contribution in [0.4, 0.5) is 11.4 Å². The molecule has 0 unspecified atom stereocenters. The molecule has 5 heteroatoms. The molecule has 2 aromatic carbocycles. The van der Waals surface area contributed by atoms with Crippen LogP contribution in [0.2, 0.25) is 0 Å². The van der Waals surface area contributed by atoms with E-state index in [-0.39, 0.29) is 0 Å². The van der Waals surface area contributed by atoms with Crippen molar-refractivity contribution in [1.29, 1.82) is 5.26 Å². The lowest BCUT2D eigenvalue weighted by atomic mass is 10.2. The predicted molar refractivity (Wildman–Crippen MR) is 87.8 cm³/mol. The number of ether oxygens (including phenoxy) is 1. The number of hydrogen-bond acceptors (Lipinski definition) is 5. The molecule has 4 nitrogen and oxygen atoms in total. The van der Waals surface area contributed by atoms with E-state index in [2.05, 4.69) is 11.4 Å². The Labute approximate surface area is 128 Å². The Morgan fingerprint density at radius 1 is 1.24 bits per heavy atom. The van der Waals surface area contributed by atoms with Gasteiger partial charge in [-0.3, -0.25) is 0 Å². The van der Waals surface area contributed by atoms with E-state index in [4.69, 9.17) is 10.5 Å². The quantitative estimate of drug-likeness (QED) is 0.486. The van der Waals surface area contributed by atoms with E-state index in [1.54, 1.807) is 23.9 Å². The maximum absolute atomic E-state index is 9.24. The lowest BCUT2D eigenvalue weighted by Gasteiger charge is -2.11. The van der Waals surface area contributed by atoms with Crippen molar-refractivity contribution in [3.05, 3.63) is 48.0 Å². The Balaban J connectivity index is 1.89. The summed E-state index contributed by atoms with van der Waals surface area (Å²) < 4.78 is 5.61. The summed E-state index contributed by atoms with van der Waals surface area (Å²) in [5.74, 6) is 0.782. The highest BCUT2D eigenvalue weighted by atomic mass is 32.2. The van der Waals surface area contributed by atoms with Crippen LogP contribution < -0.4 is 15.8 Å². The molecule has 0 fully saturated rings. The highest BCUT2D eigenvalue weighted by Crippen LogP contribution is 2.26. The van der Waals surface area contributed by atoms with E-state index in [9.17, 15) is 5.26 Å². The highest BCUT2D eigenvalue weighted by Gasteiger charge is 2.06. The monoisotopic (exact) mass is 299 g/mol. The van der Waals surface area contributed by atoms with Crippen LogP contribution in [0.5, 0.6) is 5.75 Å². The first-order valence-corrected chi connectivity index (χ1v) is 7.76. The molecule has 108 valence electrons. The number of nitriles is 1. The highest BCUT2D eigenvalue weighted by molar-refractivity contribution is 7.98. The summed E-state index contributed by atoms with van der Waals surface area (Å²) in [6.45, 7) is 1.13. The number of nitrogens with two attached hydrogens (primary N) is 1. The molecule has 0 spiro atoms. The largest absolute Gasteiger partial charge is 0.492 e. The van der Waals surface area contributed by atoms with Gasteiger partial charge in [0, 0.05) is 17.1 Å². The Morgan fingerprint density at radius 3 is 2.67 bits per heavy atom. The van der Waals surface area contributed by atoms with Gasteiger partial charge in [-0.1, -0.05) is 6.07 Å². The molecule has 0 amide bonds. The van der Waals surface area contributed by atoms with Gasteiger partial charge in [-0.2, -0.15) is 5.26 Å². The molecule has 3 N–H and O–H groups in total. The lowest BCUT2D eigenvalue weighted by molar-refractivity contribution is 0.333. The summed E-state index contributed by atoms with van der Waals surface area (Å²) in [4.78, 5) is 0.974. The zero-order valence-electron chi connectivity index (χ0n) is 11.8. The minimum atomic E-state index is 0.512. The Morgan fingerprint density at radius 2 is 2.00 bits per heavy atom. The molecule has 0 heterocycles. The van der Waals surface area contributed by atoms with Crippen molar-refractivity contribution in [2.24, 2.45) is 0 Å². The Hall–Kier alpha value is -2.32. The van der Waals surface area contributed by atoms with E-state index < -0.39 is 0 Å². The summed E-state index contributed by atoms with van der Waals surface area (Å²) in [6, 6.07) is 15.3. The second-order valence-corrected chi connectivity index (χ2v) is 5.19. The number of nitrogens with one attached hydrogen (secondary N) is 1. The molecule has 0 aliphatic rings. The summed E-state index contributed by atoms with van der Waals surface area (Å²) >= 11 is 1.57. The van der Waals surface area contributed by atoms with Gasteiger partial charge < -0.3 is 15.8 Å². The van der Waals surface area contributed by atoms with Crippen LogP contribution in [-0.4, -0.2) is 19.4 Å². The van der Waals surface area contributed by atoms with Gasteiger partial charge in [0.2, 0.25) is 0 Å². The molecule has 0 aliphatic heterocycles. The summed E-state index contributed by atoms with van der Waals surface area (Å²) in [5, 5.41) is 12.5. The van der Waals surface area contributed by atoms with Gasteiger partial charge in [0.25, 0.3) is 0 Å². The third-order valence-electron chi connectivity index (χ3n) is 2.92. The third kappa shape index (κ3) is 4.07. The average Bonchev–Trinajstić information content (AvgIpc) is 2.52. The second-order valence-electron chi connectivity index (χ2n) is 4.34. The van der Waals surface area contributed by atoms with Crippen LogP contribution in [0.3, 0.4) is 0 Å². The van der Waals surface area contributed by atoms with Crippen molar-refractivity contribution in [3.63, 3.8) is 0 Å². The number of thioether (sulfide) groups is 1. The zero-order chi connectivity index (χ0) is 15.1. The van der Waals surface area contributed by atoms with Crippen LogP contribution in [0.1, 0.15) is 5.56 Å². The molecule has 0 aliphatic carbocycles. The average molecular weight is 299 g/mol. The number of nitrogen functional groups attached to an aromatic ring is 1. The normalized spacial score (nSPS) is 9.90. The van der Waals surface area contributed by atoms with Gasteiger partial charge in [-0.15, -0.1) is 11.8 Å². The predicted octanol–water partition coefficient (Wildman–Crippen LogP) is 3.35. The molecule has 2 rings (SSSR count). The fourth-order valence-electron chi connectivity index (χ4n) is 1.88. The van der Waals surface area contributed by atoms with Gasteiger partial charge >= 0.3 is 0 Å². The number of nitrogens with zero attached hydrogens (tertiary/aromatic N) is 1. The van der Waals surface area contributed by atoms with Crippen molar-refractivity contribution < 1.29 is 4.74 Å². The topological polar surface area (TPSA) is 71.1 Å². The van der Waals surface area contributed by atoms with Crippen LogP contribution in [-0.2, 0) is 0 Å². The summed E-state index contributed by atoms with van der Waals surface area (Å²) in [5.41, 5.74) is 7.85. The van der Waals surface area contributed by atoms with Gasteiger partial charge in [0.05, 0.1) is 11.3 Å². The minimum Gasteiger partial charge on any atom is -0.492 e. The maximum Gasteiger partial charge on any atom is 0.119 e. The van der Waals surface area contributed by atoms with Crippen molar-refractivity contribution in [2.75, 3.05) is 30.5 Å². The van der Waals surface area contributed by atoms with Gasteiger partial charge in [0.15, 0.2) is 0 Å². The fraction of sp³-hybridized carbons (Fsp3) is 0.188. The molecule has 21 heavy (non-hydrogen) atoms. The Bertz CT molecular complexity index is 635. The van der Waals surface area contributed by atoms with E-state index in [1.807, 2.05) is 36.6 Å². The van der Waals surface area contributed by atoms with Crippen molar-refractivity contribution in [3.8, 4) is 11.8 Å². The Kier molecular flexibility index (Phi) is 5.35. The first kappa shape index (κ1) is 15.1. The number of rotatable bonds is 6. The standard InChI is InChI=1S/C16H17N3OS/c1-21-16-4-2-3-15(14(16)11-17)19-9-10-20-13-7-5-12(18)6-8-13/h2-8,19H,9-10,18H2,1H3. The third-order valence-corrected chi connectivity index (χ3v) is 3.70. The molecule has 0 aromatic heterocycles. The number of anilines is 2. The van der Waals surface area contributed by atoms with E-state index in [0.29, 0.717) is 24.4 Å². The molecule has 0 bridgehead atoms. The van der Waals surface area contributed by atoms with Crippen LogP contribution >= 0.6 is 11.8 Å². The zero-order valence-corrected chi connectivity index (χ0v) is 12.6. The van der Waals surface area contributed by atoms with Crippen molar-refractivity contribution >= 4 is 23.1 Å². The van der Waals surface area contributed by atoms with Gasteiger partial charge in [-0.25, -0.2) is 0 Å². The first-order valence-electron chi connectivity index (χ1n) is 6.54. The summed E-state index contributed by atoms with van der Waals surface area (Å²) in [7, 11) is 0. The van der Waals surface area contributed by atoms with E-state index >= 15 is 0 Å². The molecule has 0 radical (unpaired) electrons. The molecule has 2 aromatic rings. The van der Waals surface area contributed by atoms with Crippen molar-refractivity contribution in [1.82, 2.24) is 0 Å². The second kappa shape index (κ2) is 7.46. The van der Waals surface area contributed by atoms with Crippen molar-refractivity contribution in [2.45, 2.75) is 4.90 Å². The van der Waals surface area contributed by atoms with Gasteiger partial charge in [0.1, 0.15) is 18.4 Å².